The zero-order valence-electron chi connectivity index (χ0n) is 17.5. The number of hydrogen-bond donors (Lipinski definition) is 3. The third kappa shape index (κ3) is 4.43. The Kier molecular flexibility index (Phi) is 6.01. The van der Waals surface area contributed by atoms with Crippen molar-refractivity contribution in [3.05, 3.63) is 17.7 Å². The van der Waals surface area contributed by atoms with Gasteiger partial charge in [0.05, 0.1) is 30.1 Å². The van der Waals surface area contributed by atoms with Crippen LogP contribution >= 0.6 is 0 Å². The molecule has 3 N–H and O–H groups in total. The Morgan fingerprint density at radius 3 is 2.74 bits per heavy atom. The van der Waals surface area contributed by atoms with E-state index in [1.807, 2.05) is 11.0 Å². The lowest BCUT2D eigenvalue weighted by atomic mass is 9.95. The Bertz CT molecular complexity index is 927. The van der Waals surface area contributed by atoms with Crippen LogP contribution in [0, 0.1) is 5.92 Å². The van der Waals surface area contributed by atoms with Gasteiger partial charge in [0, 0.05) is 26.7 Å². The maximum Gasteiger partial charge on any atom is 0.391 e. The second-order valence-electron chi connectivity index (χ2n) is 8.33. The largest absolute Gasteiger partial charge is 0.494 e. The first-order valence-electron chi connectivity index (χ1n) is 10.3. The predicted molar refractivity (Wildman–Crippen MR) is 111 cm³/mol. The van der Waals surface area contributed by atoms with Crippen LogP contribution in [0.1, 0.15) is 24.8 Å². The number of benzene rings is 1. The fourth-order valence-electron chi connectivity index (χ4n) is 4.68. The quantitative estimate of drug-likeness (QED) is 0.615. The summed E-state index contributed by atoms with van der Waals surface area (Å²) in [4.78, 5) is 1.82. The van der Waals surface area contributed by atoms with E-state index in [1.165, 1.54) is 7.11 Å². The van der Waals surface area contributed by atoms with Crippen molar-refractivity contribution < 1.29 is 26.3 Å². The number of rotatable bonds is 5. The molecule has 3 heterocycles. The normalized spacial score (nSPS) is 27.4. The van der Waals surface area contributed by atoms with Gasteiger partial charge >= 0.3 is 6.18 Å². The van der Waals surface area contributed by atoms with E-state index in [4.69, 9.17) is 4.74 Å². The summed E-state index contributed by atoms with van der Waals surface area (Å²) in [5.74, 6) is -0.943. The average Bonchev–Trinajstić information content (AvgIpc) is 3.36. The Morgan fingerprint density at radius 2 is 2.03 bits per heavy atom. The standard InChI is InChI=1S/C19H28F3N5O3S/c1-26-18-12(10-24-26)3-4-15(30-2)17(18)25-31(28,29)14-6-8-27(11-14)16-9-13(5-7-23-16)19(20,21)22/h3-4,13-14,16,23-25H,5-11H2,1-2H3/t13?,14-,16?/m0/s1. The maximum atomic E-state index is 13.2. The van der Waals surface area contributed by atoms with E-state index in [-0.39, 0.29) is 25.9 Å². The third-order valence-corrected chi connectivity index (χ3v) is 8.18. The Hall–Kier alpha value is -1.76. The first-order valence-corrected chi connectivity index (χ1v) is 11.9. The topological polar surface area (TPSA) is 85.9 Å². The van der Waals surface area contributed by atoms with Crippen LogP contribution in [0.3, 0.4) is 0 Å². The molecule has 0 aromatic heterocycles. The molecule has 4 rings (SSSR count). The summed E-state index contributed by atoms with van der Waals surface area (Å²) < 4.78 is 73.9. The molecule has 3 aliphatic rings. The first kappa shape index (κ1) is 22.4. The van der Waals surface area contributed by atoms with Gasteiger partial charge in [0.1, 0.15) is 11.4 Å². The minimum absolute atomic E-state index is 0.0532. The Labute approximate surface area is 180 Å². The maximum absolute atomic E-state index is 13.2. The van der Waals surface area contributed by atoms with E-state index in [9.17, 15) is 21.6 Å². The molecular formula is C19H28F3N5O3S. The summed E-state index contributed by atoms with van der Waals surface area (Å²) in [6.45, 7) is 1.46. The van der Waals surface area contributed by atoms with E-state index in [0.717, 1.165) is 5.56 Å². The van der Waals surface area contributed by atoms with Gasteiger partial charge in [-0.25, -0.2) is 13.8 Å². The summed E-state index contributed by atoms with van der Waals surface area (Å²) >= 11 is 0. The fourth-order valence-corrected chi connectivity index (χ4v) is 6.13. The number of hydrazine groups is 1. The second kappa shape index (κ2) is 8.30. The number of likely N-dealkylation sites (tertiary alicyclic amines) is 1. The second-order valence-corrected chi connectivity index (χ2v) is 10.3. The van der Waals surface area contributed by atoms with Crippen molar-refractivity contribution >= 4 is 21.4 Å². The lowest BCUT2D eigenvalue weighted by Crippen LogP contribution is -2.52. The van der Waals surface area contributed by atoms with Gasteiger partial charge in [-0.1, -0.05) is 6.07 Å². The van der Waals surface area contributed by atoms with Crippen LogP contribution in [0.4, 0.5) is 24.5 Å². The number of nitrogens with zero attached hydrogens (tertiary/aromatic N) is 2. The summed E-state index contributed by atoms with van der Waals surface area (Å²) in [7, 11) is -0.505. The van der Waals surface area contributed by atoms with Crippen LogP contribution < -0.4 is 25.2 Å². The van der Waals surface area contributed by atoms with Crippen molar-refractivity contribution in [2.45, 2.75) is 43.4 Å². The first-order chi connectivity index (χ1) is 14.6. The number of ether oxygens (including phenoxy) is 1. The highest BCUT2D eigenvalue weighted by Crippen LogP contribution is 2.41. The van der Waals surface area contributed by atoms with Crippen molar-refractivity contribution in [1.82, 2.24) is 15.6 Å². The lowest BCUT2D eigenvalue weighted by Gasteiger charge is -2.36. The van der Waals surface area contributed by atoms with Crippen LogP contribution in [0.5, 0.6) is 5.75 Å². The molecule has 3 atom stereocenters. The summed E-state index contributed by atoms with van der Waals surface area (Å²) in [6, 6.07) is 3.60. The molecule has 0 amide bonds. The molecule has 0 aliphatic carbocycles. The number of fused-ring (bicyclic) bond motifs is 1. The predicted octanol–water partition coefficient (Wildman–Crippen LogP) is 1.85. The zero-order valence-corrected chi connectivity index (χ0v) is 18.3. The Morgan fingerprint density at radius 1 is 1.26 bits per heavy atom. The smallest absolute Gasteiger partial charge is 0.391 e. The molecule has 0 radical (unpaired) electrons. The molecule has 0 saturated carbocycles. The molecule has 0 spiro atoms. The molecule has 31 heavy (non-hydrogen) atoms. The van der Waals surface area contributed by atoms with Gasteiger partial charge in [0.2, 0.25) is 10.0 Å². The van der Waals surface area contributed by atoms with Gasteiger partial charge in [-0.2, -0.15) is 13.2 Å². The number of piperidine rings is 1. The van der Waals surface area contributed by atoms with Crippen LogP contribution in [0.15, 0.2) is 12.1 Å². The molecule has 174 valence electrons. The summed E-state index contributed by atoms with van der Waals surface area (Å²) in [5.41, 5.74) is 5.16. The molecular weight excluding hydrogens is 435 g/mol. The molecule has 2 fully saturated rings. The van der Waals surface area contributed by atoms with E-state index in [1.54, 1.807) is 18.1 Å². The number of anilines is 2. The number of nitrogens with one attached hydrogen (secondary N) is 3. The Balaban J connectivity index is 1.49. The van der Waals surface area contributed by atoms with Crippen molar-refractivity contribution in [3.63, 3.8) is 0 Å². The molecule has 1 aromatic rings. The molecule has 2 saturated heterocycles. The van der Waals surface area contributed by atoms with Crippen LogP contribution in [0.2, 0.25) is 0 Å². The zero-order chi connectivity index (χ0) is 22.4. The highest BCUT2D eigenvalue weighted by molar-refractivity contribution is 7.93. The van der Waals surface area contributed by atoms with Gasteiger partial charge < -0.3 is 15.1 Å². The van der Waals surface area contributed by atoms with Crippen molar-refractivity contribution in [2.75, 3.05) is 43.5 Å². The third-order valence-electron chi connectivity index (χ3n) is 6.43. The molecule has 3 aliphatic heterocycles. The van der Waals surface area contributed by atoms with Crippen LogP contribution in [0.25, 0.3) is 0 Å². The van der Waals surface area contributed by atoms with Gasteiger partial charge in [0.25, 0.3) is 0 Å². The number of methoxy groups -OCH3 is 1. The average molecular weight is 464 g/mol. The van der Waals surface area contributed by atoms with Crippen molar-refractivity contribution in [3.8, 4) is 5.75 Å². The molecule has 0 bridgehead atoms. The van der Waals surface area contributed by atoms with Crippen molar-refractivity contribution in [2.24, 2.45) is 5.92 Å². The van der Waals surface area contributed by atoms with Crippen LogP contribution in [-0.2, 0) is 16.6 Å². The number of halogens is 3. The molecule has 8 nitrogen and oxygen atoms in total. The van der Waals surface area contributed by atoms with E-state index in [2.05, 4.69) is 15.5 Å². The summed E-state index contributed by atoms with van der Waals surface area (Å²) in [6.07, 6.45) is -4.34. The minimum atomic E-state index is -4.22. The van der Waals surface area contributed by atoms with E-state index >= 15 is 0 Å². The highest BCUT2D eigenvalue weighted by Gasteiger charge is 2.45. The van der Waals surface area contributed by atoms with Gasteiger partial charge in [-0.15, -0.1) is 0 Å². The number of alkyl halides is 3. The number of sulfonamides is 1. The van der Waals surface area contributed by atoms with Crippen LogP contribution in [-0.4, -0.2) is 64.7 Å². The minimum Gasteiger partial charge on any atom is -0.494 e. The molecule has 12 heteroatoms. The molecule has 1 aromatic carbocycles. The lowest BCUT2D eigenvalue weighted by molar-refractivity contribution is -0.186. The van der Waals surface area contributed by atoms with Gasteiger partial charge in [0.15, 0.2) is 0 Å². The van der Waals surface area contributed by atoms with Gasteiger partial charge in [-0.05, 0) is 37.4 Å². The van der Waals surface area contributed by atoms with E-state index in [0.29, 0.717) is 36.6 Å². The number of hydrogen-bond acceptors (Lipinski definition) is 7. The molecule has 2 unspecified atom stereocenters. The van der Waals surface area contributed by atoms with Gasteiger partial charge in [-0.3, -0.25) is 9.62 Å². The van der Waals surface area contributed by atoms with E-state index < -0.39 is 33.5 Å². The fraction of sp³-hybridized carbons (Fsp3) is 0.684. The summed E-state index contributed by atoms with van der Waals surface area (Å²) in [5, 5.41) is 4.15. The highest BCUT2D eigenvalue weighted by atomic mass is 32.2. The van der Waals surface area contributed by atoms with Crippen molar-refractivity contribution in [1.29, 1.82) is 0 Å². The SMILES string of the molecule is COc1ccc2c(c1NS(=O)(=O)[C@H]1CCN(C3CC(C(F)(F)F)CCN3)C1)N(C)NC2. The monoisotopic (exact) mass is 463 g/mol.